The first-order valence-electron chi connectivity index (χ1n) is 8.46. The SMILES string of the molecule is Cc1cccc2c1N(C(=O)CCc1nc(-c3ccsc3)no1)CCC2. The molecule has 0 bridgehead atoms. The number of amides is 1. The van der Waals surface area contributed by atoms with Gasteiger partial charge in [-0.25, -0.2) is 0 Å². The topological polar surface area (TPSA) is 59.2 Å². The molecule has 1 aromatic carbocycles. The van der Waals surface area contributed by atoms with Gasteiger partial charge in [0.15, 0.2) is 0 Å². The minimum atomic E-state index is 0.116. The first-order chi connectivity index (χ1) is 12.2. The lowest BCUT2D eigenvalue weighted by molar-refractivity contribution is -0.118. The van der Waals surface area contributed by atoms with Crippen molar-refractivity contribution in [3.05, 3.63) is 52.0 Å². The van der Waals surface area contributed by atoms with Gasteiger partial charge in [0.25, 0.3) is 0 Å². The predicted molar refractivity (Wildman–Crippen MR) is 97.8 cm³/mol. The Bertz CT molecular complexity index is 886. The minimum Gasteiger partial charge on any atom is -0.339 e. The number of carbonyl (C=O) groups excluding carboxylic acids is 1. The first kappa shape index (κ1) is 16.0. The van der Waals surface area contributed by atoms with Gasteiger partial charge < -0.3 is 9.42 Å². The standard InChI is InChI=1S/C19H19N3O2S/c1-13-4-2-5-14-6-3-10-22(18(13)14)17(23)8-7-16-20-19(21-24-16)15-9-11-25-12-15/h2,4-5,9,11-12H,3,6-8,10H2,1H3. The Morgan fingerprint density at radius 3 is 3.12 bits per heavy atom. The van der Waals surface area contributed by atoms with Crippen LogP contribution in [0.15, 0.2) is 39.5 Å². The van der Waals surface area contributed by atoms with Gasteiger partial charge in [-0.15, -0.1) is 0 Å². The van der Waals surface area contributed by atoms with Crippen LogP contribution in [-0.2, 0) is 17.6 Å². The van der Waals surface area contributed by atoms with E-state index in [2.05, 4.69) is 35.3 Å². The van der Waals surface area contributed by atoms with E-state index in [9.17, 15) is 4.79 Å². The fourth-order valence-corrected chi connectivity index (χ4v) is 3.95. The first-order valence-corrected chi connectivity index (χ1v) is 9.40. The molecule has 3 heterocycles. The summed E-state index contributed by atoms with van der Waals surface area (Å²) in [5.41, 5.74) is 4.45. The van der Waals surface area contributed by atoms with Gasteiger partial charge in [-0.05, 0) is 42.3 Å². The van der Waals surface area contributed by atoms with Crippen molar-refractivity contribution in [2.45, 2.75) is 32.6 Å². The number of nitrogens with zero attached hydrogens (tertiary/aromatic N) is 3. The van der Waals surface area contributed by atoms with Gasteiger partial charge in [0.2, 0.25) is 17.6 Å². The molecule has 0 aliphatic carbocycles. The lowest BCUT2D eigenvalue weighted by Crippen LogP contribution is -2.36. The van der Waals surface area contributed by atoms with Gasteiger partial charge in [0.05, 0.1) is 0 Å². The highest BCUT2D eigenvalue weighted by Gasteiger charge is 2.24. The third-order valence-corrected chi connectivity index (χ3v) is 5.20. The summed E-state index contributed by atoms with van der Waals surface area (Å²) in [5.74, 6) is 1.21. The Morgan fingerprint density at radius 1 is 1.36 bits per heavy atom. The summed E-state index contributed by atoms with van der Waals surface area (Å²) in [5, 5.41) is 7.95. The molecule has 3 aromatic rings. The van der Waals surface area contributed by atoms with E-state index >= 15 is 0 Å². The summed E-state index contributed by atoms with van der Waals surface area (Å²) in [6.07, 6.45) is 2.88. The molecular formula is C19H19N3O2S. The minimum absolute atomic E-state index is 0.116. The van der Waals surface area contributed by atoms with Crippen molar-refractivity contribution >= 4 is 22.9 Å². The largest absolute Gasteiger partial charge is 0.339 e. The zero-order chi connectivity index (χ0) is 17.2. The number of hydrogen-bond acceptors (Lipinski definition) is 5. The lowest BCUT2D eigenvalue weighted by Gasteiger charge is -2.31. The second-order valence-electron chi connectivity index (χ2n) is 6.26. The second kappa shape index (κ2) is 6.80. The van der Waals surface area contributed by atoms with Gasteiger partial charge >= 0.3 is 0 Å². The maximum atomic E-state index is 12.8. The number of aromatic nitrogens is 2. The Balaban J connectivity index is 1.45. The highest BCUT2D eigenvalue weighted by molar-refractivity contribution is 7.08. The summed E-state index contributed by atoms with van der Waals surface area (Å²) in [4.78, 5) is 19.1. The number of hydrogen-bond donors (Lipinski definition) is 0. The van der Waals surface area contributed by atoms with E-state index in [1.54, 1.807) is 11.3 Å². The normalized spacial score (nSPS) is 13.7. The fourth-order valence-electron chi connectivity index (χ4n) is 3.31. The summed E-state index contributed by atoms with van der Waals surface area (Å²) in [6.45, 7) is 2.84. The summed E-state index contributed by atoms with van der Waals surface area (Å²) in [7, 11) is 0. The zero-order valence-electron chi connectivity index (χ0n) is 14.1. The van der Waals surface area contributed by atoms with Crippen molar-refractivity contribution < 1.29 is 9.32 Å². The van der Waals surface area contributed by atoms with Crippen molar-refractivity contribution in [1.82, 2.24) is 10.1 Å². The van der Waals surface area contributed by atoms with Gasteiger partial charge in [0, 0.05) is 36.0 Å². The van der Waals surface area contributed by atoms with Crippen LogP contribution in [0.3, 0.4) is 0 Å². The molecule has 0 radical (unpaired) electrons. The molecule has 2 aromatic heterocycles. The summed E-state index contributed by atoms with van der Waals surface area (Å²) < 4.78 is 5.29. The smallest absolute Gasteiger partial charge is 0.227 e. The van der Waals surface area contributed by atoms with Crippen LogP contribution in [0.25, 0.3) is 11.4 Å². The van der Waals surface area contributed by atoms with Crippen LogP contribution < -0.4 is 4.90 Å². The van der Waals surface area contributed by atoms with Crippen LogP contribution in [0.5, 0.6) is 0 Å². The van der Waals surface area contributed by atoms with Gasteiger partial charge in [-0.3, -0.25) is 4.79 Å². The molecule has 1 aliphatic heterocycles. The quantitative estimate of drug-likeness (QED) is 0.711. The summed E-state index contributed by atoms with van der Waals surface area (Å²) in [6, 6.07) is 8.20. The van der Waals surface area contributed by atoms with E-state index in [4.69, 9.17) is 4.52 Å². The van der Waals surface area contributed by atoms with E-state index in [1.165, 1.54) is 5.56 Å². The fraction of sp³-hybridized carbons (Fsp3) is 0.316. The maximum Gasteiger partial charge on any atom is 0.227 e. The average Bonchev–Trinajstić information content (AvgIpc) is 3.31. The molecule has 1 aliphatic rings. The molecular weight excluding hydrogens is 334 g/mol. The molecule has 0 N–H and O–H groups in total. The molecule has 0 saturated heterocycles. The third kappa shape index (κ3) is 3.22. The zero-order valence-corrected chi connectivity index (χ0v) is 14.9. The molecule has 25 heavy (non-hydrogen) atoms. The van der Waals surface area contributed by atoms with Gasteiger partial charge in [0.1, 0.15) is 0 Å². The number of carbonyl (C=O) groups is 1. The van der Waals surface area contributed by atoms with Crippen LogP contribution in [0, 0.1) is 6.92 Å². The highest BCUT2D eigenvalue weighted by atomic mass is 32.1. The molecule has 128 valence electrons. The molecule has 5 nitrogen and oxygen atoms in total. The highest BCUT2D eigenvalue weighted by Crippen LogP contribution is 2.31. The Kier molecular flexibility index (Phi) is 4.36. The van der Waals surface area contributed by atoms with Crippen molar-refractivity contribution in [2.24, 2.45) is 0 Å². The molecule has 0 saturated carbocycles. The molecule has 0 unspecified atom stereocenters. The number of fused-ring (bicyclic) bond motifs is 1. The number of para-hydroxylation sites is 1. The van der Waals surface area contributed by atoms with E-state index < -0.39 is 0 Å². The van der Waals surface area contributed by atoms with Crippen LogP contribution in [0.1, 0.15) is 29.9 Å². The number of benzene rings is 1. The van der Waals surface area contributed by atoms with Crippen LogP contribution >= 0.6 is 11.3 Å². The van der Waals surface area contributed by atoms with E-state index in [0.29, 0.717) is 24.6 Å². The number of rotatable bonds is 4. The molecule has 0 spiro atoms. The van der Waals surface area contributed by atoms with Crippen LogP contribution in [-0.4, -0.2) is 22.6 Å². The Hall–Kier alpha value is -2.47. The van der Waals surface area contributed by atoms with Crippen molar-refractivity contribution in [2.75, 3.05) is 11.4 Å². The maximum absolute atomic E-state index is 12.8. The van der Waals surface area contributed by atoms with Crippen molar-refractivity contribution in [1.29, 1.82) is 0 Å². The monoisotopic (exact) mass is 353 g/mol. The third-order valence-electron chi connectivity index (χ3n) is 4.52. The van der Waals surface area contributed by atoms with E-state index in [0.717, 1.165) is 36.2 Å². The van der Waals surface area contributed by atoms with Crippen LogP contribution in [0.4, 0.5) is 5.69 Å². The number of thiophene rings is 1. The van der Waals surface area contributed by atoms with E-state index in [-0.39, 0.29) is 5.91 Å². The lowest BCUT2D eigenvalue weighted by atomic mass is 9.98. The van der Waals surface area contributed by atoms with Gasteiger partial charge in [-0.2, -0.15) is 16.3 Å². The van der Waals surface area contributed by atoms with Crippen molar-refractivity contribution in [3.8, 4) is 11.4 Å². The molecule has 0 atom stereocenters. The molecule has 0 fully saturated rings. The van der Waals surface area contributed by atoms with Gasteiger partial charge in [-0.1, -0.05) is 23.4 Å². The summed E-state index contributed by atoms with van der Waals surface area (Å²) >= 11 is 1.59. The van der Waals surface area contributed by atoms with E-state index in [1.807, 2.05) is 21.7 Å². The average molecular weight is 353 g/mol. The predicted octanol–water partition coefficient (Wildman–Crippen LogP) is 4.02. The second-order valence-corrected chi connectivity index (χ2v) is 7.04. The number of anilines is 1. The Labute approximate surface area is 150 Å². The molecule has 6 heteroatoms. The molecule has 1 amide bonds. The van der Waals surface area contributed by atoms with Crippen LogP contribution in [0.2, 0.25) is 0 Å². The van der Waals surface area contributed by atoms with Crippen molar-refractivity contribution in [3.63, 3.8) is 0 Å². The number of aryl methyl sites for hydroxylation is 3. The Morgan fingerprint density at radius 2 is 2.28 bits per heavy atom. The molecule has 4 rings (SSSR count).